The number of phenolic OH excluding ortho intramolecular Hbond substituents is 1. The number of likely N-dealkylation sites (N-methyl/N-ethyl adjacent to an activating group) is 1. The molecule has 8 heteroatoms. The molecule has 1 aliphatic carbocycles. The van der Waals surface area contributed by atoms with Crippen molar-refractivity contribution in [1.29, 1.82) is 5.26 Å². The first-order valence-corrected chi connectivity index (χ1v) is 15.2. The smallest absolute Gasteiger partial charge is 0.246 e. The van der Waals surface area contributed by atoms with Crippen LogP contribution in [-0.2, 0) is 17.6 Å². The molecule has 40 heavy (non-hydrogen) atoms. The Morgan fingerprint density at radius 3 is 2.85 bits per heavy atom. The molecule has 2 aliphatic heterocycles. The van der Waals surface area contributed by atoms with Crippen LogP contribution in [0.5, 0.6) is 5.75 Å². The number of hydrogen-bond donors (Lipinski definition) is 1. The number of pyridine rings is 1. The number of amides is 1. The number of benzene rings is 2. The van der Waals surface area contributed by atoms with Gasteiger partial charge in [-0.05, 0) is 67.4 Å². The molecule has 7 nitrogen and oxygen atoms in total. The van der Waals surface area contributed by atoms with E-state index < -0.39 is 0 Å². The first-order valence-electron chi connectivity index (χ1n) is 13.9. The maximum Gasteiger partial charge on any atom is 0.246 e. The Morgan fingerprint density at radius 1 is 1.27 bits per heavy atom. The van der Waals surface area contributed by atoms with Crippen LogP contribution >= 0.6 is 22.6 Å². The number of anilines is 1. The topological polar surface area (TPSA) is 83.7 Å². The summed E-state index contributed by atoms with van der Waals surface area (Å²) in [6.07, 6.45) is 7.36. The van der Waals surface area contributed by atoms with E-state index in [1.165, 1.54) is 0 Å². The van der Waals surface area contributed by atoms with Gasteiger partial charge in [0.2, 0.25) is 5.91 Å². The van der Waals surface area contributed by atoms with Crippen molar-refractivity contribution in [1.82, 2.24) is 14.8 Å². The molecule has 206 valence electrons. The van der Waals surface area contributed by atoms with Gasteiger partial charge >= 0.3 is 0 Å². The van der Waals surface area contributed by atoms with Crippen LogP contribution < -0.4 is 4.90 Å². The number of halogens is 1. The van der Waals surface area contributed by atoms with Gasteiger partial charge in [-0.3, -0.25) is 4.79 Å². The third-order valence-corrected chi connectivity index (χ3v) is 9.61. The van der Waals surface area contributed by atoms with Gasteiger partial charge in [0.25, 0.3) is 0 Å². The summed E-state index contributed by atoms with van der Waals surface area (Å²) in [6.45, 7) is 3.82. The van der Waals surface area contributed by atoms with Gasteiger partial charge in [-0.2, -0.15) is 5.26 Å². The molecular formula is C32H34IN5O2. The Kier molecular flexibility index (Phi) is 7.21. The molecule has 3 aliphatic rings. The zero-order chi connectivity index (χ0) is 28.0. The number of carbonyl (C=O) groups is 1. The maximum atomic E-state index is 12.7. The van der Waals surface area contributed by atoms with E-state index in [4.69, 9.17) is 4.98 Å². The fourth-order valence-electron chi connectivity index (χ4n) is 6.61. The van der Waals surface area contributed by atoms with E-state index in [-0.39, 0.29) is 17.1 Å². The summed E-state index contributed by atoms with van der Waals surface area (Å²) in [4.78, 5) is 24.1. The summed E-state index contributed by atoms with van der Waals surface area (Å²) >= 11 is 2.51. The standard InChI is InChI=1S/C32H34IN5O2/c1-36(2)12-5-8-29(40)38-19-32(20-38)11-13-37(18-32)31-27(17-34)30(25-10-9-22(33)15-28(25)35-31)26-16-23(39)14-21-6-3-4-7-24(21)26/h3-8,14,16,22,39H,9-13,15,18-20H2,1-2H3/b8-5+/t22-/m0/s1. The molecule has 1 atom stereocenters. The van der Waals surface area contributed by atoms with Gasteiger partial charge in [0.15, 0.2) is 0 Å². The minimum absolute atomic E-state index is 0.0407. The molecule has 0 unspecified atom stereocenters. The molecule has 0 radical (unpaired) electrons. The number of rotatable bonds is 5. The summed E-state index contributed by atoms with van der Waals surface area (Å²) < 4.78 is 0.504. The number of hydrogen-bond acceptors (Lipinski definition) is 6. The number of alkyl halides is 1. The molecule has 0 bridgehead atoms. The highest BCUT2D eigenvalue weighted by Gasteiger charge is 2.49. The number of carbonyl (C=O) groups excluding carboxylic acids is 1. The molecule has 2 aromatic carbocycles. The molecule has 2 fully saturated rings. The second-order valence-corrected chi connectivity index (χ2v) is 13.6. The van der Waals surface area contributed by atoms with Gasteiger partial charge in [-0.25, -0.2) is 4.98 Å². The molecule has 2 saturated heterocycles. The monoisotopic (exact) mass is 647 g/mol. The number of aromatic hydroxyl groups is 1. The molecule has 0 saturated carbocycles. The minimum atomic E-state index is 0.0407. The second kappa shape index (κ2) is 10.7. The van der Waals surface area contributed by atoms with Crippen molar-refractivity contribution in [2.45, 2.75) is 29.6 Å². The predicted molar refractivity (Wildman–Crippen MR) is 167 cm³/mol. The van der Waals surface area contributed by atoms with Crippen LogP contribution in [0.3, 0.4) is 0 Å². The first-order chi connectivity index (χ1) is 19.3. The summed E-state index contributed by atoms with van der Waals surface area (Å²) in [5.41, 5.74) is 4.67. The average Bonchev–Trinajstić information content (AvgIpc) is 3.36. The van der Waals surface area contributed by atoms with Gasteiger partial charge in [-0.1, -0.05) is 52.9 Å². The number of nitriles is 1. The van der Waals surface area contributed by atoms with Crippen molar-refractivity contribution in [3.63, 3.8) is 0 Å². The van der Waals surface area contributed by atoms with Crippen LogP contribution in [0.2, 0.25) is 0 Å². The molecule has 1 amide bonds. The van der Waals surface area contributed by atoms with Gasteiger partial charge < -0.3 is 19.8 Å². The lowest BCUT2D eigenvalue weighted by Crippen LogP contribution is -2.59. The zero-order valence-electron chi connectivity index (χ0n) is 23.0. The van der Waals surface area contributed by atoms with Crippen LogP contribution in [0.25, 0.3) is 21.9 Å². The minimum Gasteiger partial charge on any atom is -0.508 e. The molecule has 1 N–H and O–H groups in total. The Balaban J connectivity index is 1.36. The number of fused-ring (bicyclic) bond motifs is 2. The van der Waals surface area contributed by atoms with E-state index in [2.05, 4.69) is 39.6 Å². The number of aromatic nitrogens is 1. The molecule has 1 spiro atoms. The molecule has 3 heterocycles. The van der Waals surface area contributed by atoms with Crippen molar-refractivity contribution < 1.29 is 9.90 Å². The van der Waals surface area contributed by atoms with E-state index in [1.807, 2.05) is 54.2 Å². The maximum absolute atomic E-state index is 12.7. The lowest BCUT2D eigenvalue weighted by Gasteiger charge is -2.47. The Labute approximate surface area is 249 Å². The summed E-state index contributed by atoms with van der Waals surface area (Å²) in [5.74, 6) is 1.02. The normalized spacial score (nSPS) is 19.8. The Bertz CT molecular complexity index is 1550. The number of likely N-dealkylation sites (tertiary alicyclic amines) is 1. The highest BCUT2D eigenvalue weighted by atomic mass is 127. The van der Waals surface area contributed by atoms with Gasteiger partial charge in [-0.15, -0.1) is 0 Å². The predicted octanol–water partition coefficient (Wildman–Crippen LogP) is 4.93. The third kappa shape index (κ3) is 4.94. The summed E-state index contributed by atoms with van der Waals surface area (Å²) in [7, 11) is 3.97. The van der Waals surface area contributed by atoms with Crippen molar-refractivity contribution in [3.8, 4) is 22.9 Å². The Hall–Kier alpha value is -3.16. The number of nitrogens with zero attached hydrogens (tertiary/aromatic N) is 5. The number of phenols is 1. The van der Waals surface area contributed by atoms with E-state index >= 15 is 0 Å². The van der Waals surface area contributed by atoms with E-state index in [1.54, 1.807) is 12.1 Å². The zero-order valence-corrected chi connectivity index (χ0v) is 25.2. The second-order valence-electron chi connectivity index (χ2n) is 11.8. The van der Waals surface area contributed by atoms with E-state index in [0.717, 1.165) is 97.4 Å². The fourth-order valence-corrected chi connectivity index (χ4v) is 7.33. The van der Waals surface area contributed by atoms with Crippen LogP contribution in [0.4, 0.5) is 5.82 Å². The lowest BCUT2D eigenvalue weighted by atomic mass is 9.79. The average molecular weight is 648 g/mol. The van der Waals surface area contributed by atoms with Crippen molar-refractivity contribution >= 4 is 45.1 Å². The SMILES string of the molecule is CN(C)C/C=C/C(=O)N1CC2(CCN(c3nc4c(c(-c5cc(O)cc6ccccc56)c3C#N)CC[C@H](I)C4)C2)C1. The Morgan fingerprint density at radius 2 is 2.08 bits per heavy atom. The van der Waals surface area contributed by atoms with Gasteiger partial charge in [0, 0.05) is 65.8 Å². The fraction of sp³-hybridized carbons (Fsp3) is 0.406. The van der Waals surface area contributed by atoms with Crippen LogP contribution in [0.15, 0.2) is 48.6 Å². The quantitative estimate of drug-likeness (QED) is 0.241. The van der Waals surface area contributed by atoms with E-state index in [9.17, 15) is 15.2 Å². The highest BCUT2D eigenvalue weighted by Crippen LogP contribution is 2.46. The molecule has 3 aromatic rings. The van der Waals surface area contributed by atoms with Crippen molar-refractivity contribution in [2.75, 3.05) is 51.7 Å². The van der Waals surface area contributed by atoms with Crippen LogP contribution in [0, 0.1) is 16.7 Å². The third-order valence-electron chi connectivity index (χ3n) is 8.55. The van der Waals surface area contributed by atoms with Crippen LogP contribution in [0.1, 0.15) is 29.7 Å². The molecular weight excluding hydrogens is 613 g/mol. The van der Waals surface area contributed by atoms with Crippen molar-refractivity contribution in [3.05, 3.63) is 65.4 Å². The molecule has 6 rings (SSSR count). The van der Waals surface area contributed by atoms with Gasteiger partial charge in [0.1, 0.15) is 23.2 Å². The van der Waals surface area contributed by atoms with Gasteiger partial charge in [0.05, 0.1) is 0 Å². The highest BCUT2D eigenvalue weighted by molar-refractivity contribution is 14.1. The first kappa shape index (κ1) is 27.0. The van der Waals surface area contributed by atoms with Crippen LogP contribution in [-0.4, -0.2) is 76.5 Å². The lowest BCUT2D eigenvalue weighted by molar-refractivity contribution is -0.136. The largest absolute Gasteiger partial charge is 0.508 e. The summed E-state index contributed by atoms with van der Waals surface area (Å²) in [5, 5.41) is 23.3. The summed E-state index contributed by atoms with van der Waals surface area (Å²) in [6, 6.07) is 14.2. The molecule has 1 aromatic heterocycles. The van der Waals surface area contributed by atoms with Crippen molar-refractivity contribution in [2.24, 2.45) is 5.41 Å². The van der Waals surface area contributed by atoms with E-state index in [0.29, 0.717) is 9.49 Å².